The number of benzene rings is 1. The zero-order valence-corrected chi connectivity index (χ0v) is 18.0. The summed E-state index contributed by atoms with van der Waals surface area (Å²) in [6, 6.07) is 13.5. The molecule has 3 rings (SSSR count). The van der Waals surface area contributed by atoms with Gasteiger partial charge in [0.2, 0.25) is 5.91 Å². The first-order chi connectivity index (χ1) is 14.5. The van der Waals surface area contributed by atoms with Gasteiger partial charge in [-0.05, 0) is 48.9 Å². The summed E-state index contributed by atoms with van der Waals surface area (Å²) in [6.07, 6.45) is 2.72. The van der Waals surface area contributed by atoms with E-state index in [0.717, 1.165) is 16.8 Å². The van der Waals surface area contributed by atoms with Gasteiger partial charge in [0.25, 0.3) is 0 Å². The molecule has 30 heavy (non-hydrogen) atoms. The van der Waals surface area contributed by atoms with E-state index in [4.69, 9.17) is 4.74 Å². The van der Waals surface area contributed by atoms with Gasteiger partial charge < -0.3 is 15.0 Å². The summed E-state index contributed by atoms with van der Waals surface area (Å²) >= 11 is 0. The third kappa shape index (κ3) is 5.59. The number of hydrogen-bond donors (Lipinski definition) is 1. The number of likely N-dealkylation sites (tertiary alicyclic amines) is 1. The lowest BCUT2D eigenvalue weighted by Gasteiger charge is -2.32. The molecule has 1 aromatic carbocycles. The maximum atomic E-state index is 13.1. The SMILES string of the molecule is Cc1ccccc1C(NC(=O)C1CCN(C(=O)OCC(C)C)CC1)c1ccccn1. The van der Waals surface area contributed by atoms with Crippen molar-refractivity contribution in [2.75, 3.05) is 19.7 Å². The van der Waals surface area contributed by atoms with E-state index in [-0.39, 0.29) is 24.0 Å². The molecule has 0 spiro atoms. The van der Waals surface area contributed by atoms with Crippen molar-refractivity contribution in [1.29, 1.82) is 0 Å². The third-order valence-electron chi connectivity index (χ3n) is 5.43. The van der Waals surface area contributed by atoms with Crippen LogP contribution in [0.4, 0.5) is 4.79 Å². The number of carbonyl (C=O) groups is 2. The first kappa shape index (κ1) is 21.8. The lowest BCUT2D eigenvalue weighted by molar-refractivity contribution is -0.126. The van der Waals surface area contributed by atoms with Gasteiger partial charge in [-0.25, -0.2) is 4.79 Å². The van der Waals surface area contributed by atoms with Crippen LogP contribution in [0.2, 0.25) is 0 Å². The number of piperidine rings is 1. The Kier molecular flexibility index (Phi) is 7.44. The number of aromatic nitrogens is 1. The number of aryl methyl sites for hydroxylation is 1. The van der Waals surface area contributed by atoms with Crippen LogP contribution in [0.15, 0.2) is 48.7 Å². The van der Waals surface area contributed by atoms with Crippen LogP contribution in [0.25, 0.3) is 0 Å². The van der Waals surface area contributed by atoms with Crippen LogP contribution in [-0.2, 0) is 9.53 Å². The second kappa shape index (κ2) is 10.2. The van der Waals surface area contributed by atoms with E-state index in [1.165, 1.54) is 0 Å². The summed E-state index contributed by atoms with van der Waals surface area (Å²) in [4.78, 5) is 31.4. The highest BCUT2D eigenvalue weighted by Crippen LogP contribution is 2.25. The Labute approximate surface area is 178 Å². The summed E-state index contributed by atoms with van der Waals surface area (Å²) in [7, 11) is 0. The molecule has 2 amide bonds. The largest absolute Gasteiger partial charge is 0.449 e. The third-order valence-corrected chi connectivity index (χ3v) is 5.43. The highest BCUT2D eigenvalue weighted by Gasteiger charge is 2.30. The highest BCUT2D eigenvalue weighted by atomic mass is 16.6. The Morgan fingerprint density at radius 3 is 2.47 bits per heavy atom. The summed E-state index contributed by atoms with van der Waals surface area (Å²) in [5.74, 6) is 0.181. The minimum Gasteiger partial charge on any atom is -0.449 e. The molecule has 160 valence electrons. The average Bonchev–Trinajstić information content (AvgIpc) is 2.77. The van der Waals surface area contributed by atoms with Crippen molar-refractivity contribution >= 4 is 12.0 Å². The Morgan fingerprint density at radius 1 is 1.13 bits per heavy atom. The monoisotopic (exact) mass is 409 g/mol. The number of nitrogens with one attached hydrogen (secondary N) is 1. The Balaban J connectivity index is 1.65. The van der Waals surface area contributed by atoms with Gasteiger partial charge in [-0.2, -0.15) is 0 Å². The van der Waals surface area contributed by atoms with Crippen LogP contribution in [0.3, 0.4) is 0 Å². The molecule has 6 nitrogen and oxygen atoms in total. The maximum Gasteiger partial charge on any atom is 0.409 e. The number of ether oxygens (including phenoxy) is 1. The number of amides is 2. The molecule has 0 bridgehead atoms. The fraction of sp³-hybridized carbons (Fsp3) is 0.458. The van der Waals surface area contributed by atoms with E-state index in [1.807, 2.05) is 63.2 Å². The second-order valence-electron chi connectivity index (χ2n) is 8.28. The molecule has 0 saturated carbocycles. The molecule has 0 radical (unpaired) electrons. The molecule has 6 heteroatoms. The van der Waals surface area contributed by atoms with Crippen molar-refractivity contribution in [2.24, 2.45) is 11.8 Å². The molecule has 0 aliphatic carbocycles. The van der Waals surface area contributed by atoms with E-state index in [1.54, 1.807) is 11.1 Å². The van der Waals surface area contributed by atoms with Crippen LogP contribution >= 0.6 is 0 Å². The summed E-state index contributed by atoms with van der Waals surface area (Å²) in [5.41, 5.74) is 2.96. The van der Waals surface area contributed by atoms with Crippen molar-refractivity contribution in [2.45, 2.75) is 39.7 Å². The van der Waals surface area contributed by atoms with E-state index < -0.39 is 0 Å². The standard InChI is InChI=1S/C24H31N3O3/c1-17(2)16-30-24(29)27-14-11-19(12-15-27)23(28)26-22(21-10-6-7-13-25-21)20-9-5-4-8-18(20)3/h4-10,13,17,19,22H,11-12,14-16H2,1-3H3,(H,26,28). The molecule has 1 unspecified atom stereocenters. The van der Waals surface area contributed by atoms with Gasteiger partial charge in [0.1, 0.15) is 0 Å². The molecule has 1 atom stereocenters. The summed E-state index contributed by atoms with van der Waals surface area (Å²) < 4.78 is 5.31. The molecule has 1 saturated heterocycles. The molecule has 1 aliphatic heterocycles. The molecule has 1 aliphatic rings. The molecule has 1 N–H and O–H groups in total. The number of pyridine rings is 1. The number of hydrogen-bond acceptors (Lipinski definition) is 4. The Morgan fingerprint density at radius 2 is 1.83 bits per heavy atom. The lowest BCUT2D eigenvalue weighted by Crippen LogP contribution is -2.44. The van der Waals surface area contributed by atoms with Crippen LogP contribution in [-0.4, -0.2) is 41.6 Å². The van der Waals surface area contributed by atoms with Crippen molar-refractivity contribution in [1.82, 2.24) is 15.2 Å². The van der Waals surface area contributed by atoms with Gasteiger partial charge in [-0.1, -0.05) is 44.2 Å². The first-order valence-electron chi connectivity index (χ1n) is 10.6. The van der Waals surface area contributed by atoms with Crippen molar-refractivity contribution in [3.63, 3.8) is 0 Å². The predicted molar refractivity (Wildman–Crippen MR) is 116 cm³/mol. The van der Waals surface area contributed by atoms with Crippen LogP contribution in [0, 0.1) is 18.8 Å². The zero-order chi connectivity index (χ0) is 21.5. The van der Waals surface area contributed by atoms with E-state index in [9.17, 15) is 9.59 Å². The van der Waals surface area contributed by atoms with Crippen molar-refractivity contribution in [3.05, 3.63) is 65.5 Å². The van der Waals surface area contributed by atoms with E-state index >= 15 is 0 Å². The van der Waals surface area contributed by atoms with Gasteiger partial charge >= 0.3 is 6.09 Å². The number of nitrogens with zero attached hydrogens (tertiary/aromatic N) is 2. The van der Waals surface area contributed by atoms with Crippen LogP contribution < -0.4 is 5.32 Å². The Hall–Kier alpha value is -2.89. The van der Waals surface area contributed by atoms with Gasteiger partial charge in [0.05, 0.1) is 18.3 Å². The van der Waals surface area contributed by atoms with Crippen molar-refractivity contribution < 1.29 is 14.3 Å². The summed E-state index contributed by atoms with van der Waals surface area (Å²) in [6.45, 7) is 7.55. The second-order valence-corrected chi connectivity index (χ2v) is 8.28. The zero-order valence-electron chi connectivity index (χ0n) is 18.0. The molecular weight excluding hydrogens is 378 g/mol. The minimum atomic E-state index is -0.297. The van der Waals surface area contributed by atoms with Crippen LogP contribution in [0.5, 0.6) is 0 Å². The molecule has 1 fully saturated rings. The molecule has 2 aromatic rings. The van der Waals surface area contributed by atoms with Gasteiger partial charge in [-0.3, -0.25) is 9.78 Å². The first-order valence-corrected chi connectivity index (χ1v) is 10.6. The Bertz CT molecular complexity index is 846. The van der Waals surface area contributed by atoms with E-state index in [2.05, 4.69) is 10.3 Å². The number of carbonyl (C=O) groups excluding carboxylic acids is 2. The predicted octanol–water partition coefficient (Wildman–Crippen LogP) is 4.10. The van der Waals surface area contributed by atoms with Crippen molar-refractivity contribution in [3.8, 4) is 0 Å². The summed E-state index contributed by atoms with van der Waals surface area (Å²) in [5, 5.41) is 3.21. The quantitative estimate of drug-likeness (QED) is 0.780. The topological polar surface area (TPSA) is 71.5 Å². The minimum absolute atomic E-state index is 0.00380. The normalized spacial score (nSPS) is 15.7. The van der Waals surface area contributed by atoms with Gasteiger partial charge in [-0.15, -0.1) is 0 Å². The van der Waals surface area contributed by atoms with Crippen LogP contribution in [0.1, 0.15) is 49.6 Å². The smallest absolute Gasteiger partial charge is 0.409 e. The molecule has 2 heterocycles. The number of rotatable bonds is 6. The molecular formula is C24H31N3O3. The lowest BCUT2D eigenvalue weighted by atomic mass is 9.93. The maximum absolute atomic E-state index is 13.1. The fourth-order valence-electron chi connectivity index (χ4n) is 3.68. The molecule has 1 aromatic heterocycles. The fourth-order valence-corrected chi connectivity index (χ4v) is 3.68. The highest BCUT2D eigenvalue weighted by molar-refractivity contribution is 5.80. The van der Waals surface area contributed by atoms with Gasteiger partial charge in [0, 0.05) is 25.2 Å². The van der Waals surface area contributed by atoms with Gasteiger partial charge in [0.15, 0.2) is 0 Å². The average molecular weight is 410 g/mol. The van der Waals surface area contributed by atoms with E-state index in [0.29, 0.717) is 38.5 Å².